The smallest absolute Gasteiger partial charge is 0.750 e. The molecular formula is C51H53N2Na5O19S4. The van der Waals surface area contributed by atoms with Crippen molar-refractivity contribution >= 4 is 92.3 Å². The maximum atomic E-state index is 12.3. The first-order valence-corrected chi connectivity index (χ1v) is 29.2. The third-order valence-electron chi connectivity index (χ3n) is 13.6. The molecule has 0 saturated heterocycles. The molecule has 0 radical (unpaired) electrons. The van der Waals surface area contributed by atoms with Crippen molar-refractivity contribution in [3.63, 3.8) is 0 Å². The average molecular weight is 1240 g/mol. The van der Waals surface area contributed by atoms with E-state index in [1.165, 1.54) is 19.2 Å². The normalized spacial score (nSPS) is 16.9. The third kappa shape index (κ3) is 18.1. The molecule has 4 aromatic rings. The summed E-state index contributed by atoms with van der Waals surface area (Å²) < 4.78 is 155. The van der Waals surface area contributed by atoms with Crippen molar-refractivity contribution in [2.45, 2.75) is 93.3 Å². The van der Waals surface area contributed by atoms with Crippen LogP contribution in [-0.2, 0) is 71.1 Å². The van der Waals surface area contributed by atoms with E-state index in [0.29, 0.717) is 88.8 Å². The number of benzene rings is 4. The first-order chi connectivity index (χ1) is 35.5. The Bertz CT molecular complexity index is 3590. The number of ether oxygens (including phenoxy) is 3. The second-order valence-electron chi connectivity index (χ2n) is 19.3. The van der Waals surface area contributed by atoms with Gasteiger partial charge >= 0.3 is 148 Å². The van der Waals surface area contributed by atoms with Crippen molar-refractivity contribution in [3.05, 3.63) is 107 Å². The number of hydrogen-bond donors (Lipinski definition) is 0. The van der Waals surface area contributed by atoms with Crippen LogP contribution in [0.15, 0.2) is 105 Å². The van der Waals surface area contributed by atoms with Gasteiger partial charge in [-0.25, -0.2) is 29.5 Å². The predicted molar refractivity (Wildman–Crippen MR) is 269 cm³/mol. The van der Waals surface area contributed by atoms with Gasteiger partial charge < -0.3 is 61.3 Å². The Morgan fingerprint density at radius 1 is 0.716 bits per heavy atom. The minimum Gasteiger partial charge on any atom is -0.750 e. The number of carboxylic acids is 2. The Balaban J connectivity index is 0.00000448. The number of methoxy groups -OCH3 is 1. The molecule has 410 valence electrons. The van der Waals surface area contributed by atoms with E-state index in [-0.39, 0.29) is 191 Å². The fourth-order valence-electron chi connectivity index (χ4n) is 10.4. The van der Waals surface area contributed by atoms with E-state index in [1.54, 1.807) is 24.3 Å². The van der Waals surface area contributed by atoms with Gasteiger partial charge in [0, 0.05) is 58.4 Å². The molecule has 2 heterocycles. The number of aliphatic carboxylic acids is 2. The van der Waals surface area contributed by atoms with Crippen molar-refractivity contribution in [1.82, 2.24) is 0 Å². The molecule has 0 saturated carbocycles. The van der Waals surface area contributed by atoms with Gasteiger partial charge in [0.15, 0.2) is 5.71 Å². The Morgan fingerprint density at radius 3 is 1.79 bits per heavy atom. The van der Waals surface area contributed by atoms with Crippen LogP contribution >= 0.6 is 0 Å². The molecule has 1 atom stereocenters. The summed E-state index contributed by atoms with van der Waals surface area (Å²) in [7, 11) is -13.0. The van der Waals surface area contributed by atoms with Crippen LogP contribution in [0.3, 0.4) is 0 Å². The van der Waals surface area contributed by atoms with Crippen molar-refractivity contribution < 1.29 is 238 Å². The van der Waals surface area contributed by atoms with Crippen LogP contribution < -0.4 is 172 Å². The minimum absolute atomic E-state index is 0. The molecule has 81 heavy (non-hydrogen) atoms. The minimum atomic E-state index is -5.03. The molecule has 30 heteroatoms. The molecule has 1 unspecified atom stereocenters. The number of allylic oxidation sites excluding steroid dienone is 7. The van der Waals surface area contributed by atoms with Crippen LogP contribution in [-0.4, -0.2) is 116 Å². The van der Waals surface area contributed by atoms with Gasteiger partial charge in [-0.1, -0.05) is 26.0 Å². The van der Waals surface area contributed by atoms with Crippen molar-refractivity contribution in [2.75, 3.05) is 50.7 Å². The molecule has 21 nitrogen and oxygen atoms in total. The molecule has 0 bridgehead atoms. The van der Waals surface area contributed by atoms with Gasteiger partial charge in [-0.15, -0.1) is 0 Å². The number of anilines is 1. The van der Waals surface area contributed by atoms with Crippen molar-refractivity contribution in [1.29, 1.82) is 0 Å². The average Bonchev–Trinajstić information content (AvgIpc) is 3.68. The second kappa shape index (κ2) is 31.2. The number of unbranched alkanes of at least 4 members (excludes halogenated alkanes) is 2. The summed E-state index contributed by atoms with van der Waals surface area (Å²) in [6, 6.07) is 10.9. The second-order valence-corrected chi connectivity index (χ2v) is 24.2. The van der Waals surface area contributed by atoms with Gasteiger partial charge in [0.2, 0.25) is 5.69 Å². The maximum absolute atomic E-state index is 12.3. The molecular weight excluding hydrogens is 1190 g/mol. The van der Waals surface area contributed by atoms with Crippen LogP contribution in [0.1, 0.15) is 83.8 Å². The Kier molecular flexibility index (Phi) is 29.3. The first kappa shape index (κ1) is 76.1. The maximum Gasteiger partial charge on any atom is 1.00 e. The molecule has 0 spiro atoms. The van der Waals surface area contributed by atoms with Crippen LogP contribution in [0.2, 0.25) is 0 Å². The molecule has 1 aliphatic carbocycles. The van der Waals surface area contributed by atoms with Crippen LogP contribution in [0.4, 0.5) is 11.4 Å². The van der Waals surface area contributed by atoms with Crippen molar-refractivity contribution in [2.24, 2.45) is 0 Å². The zero-order valence-corrected chi connectivity index (χ0v) is 60.2. The van der Waals surface area contributed by atoms with Gasteiger partial charge in [-0.05, 0) is 128 Å². The van der Waals surface area contributed by atoms with Gasteiger partial charge in [0.1, 0.15) is 57.3 Å². The van der Waals surface area contributed by atoms with Crippen LogP contribution in [0.5, 0.6) is 11.5 Å². The summed E-state index contributed by atoms with van der Waals surface area (Å²) in [5.41, 5.74) is 3.56. The third-order valence-corrected chi connectivity index (χ3v) is 16.3. The van der Waals surface area contributed by atoms with E-state index < -0.39 is 93.2 Å². The Hall–Kier alpha value is -1.03. The van der Waals surface area contributed by atoms with Gasteiger partial charge in [0.25, 0.3) is 0 Å². The van der Waals surface area contributed by atoms with Gasteiger partial charge in [-0.3, -0.25) is 0 Å². The van der Waals surface area contributed by atoms with E-state index in [2.05, 4.69) is 0 Å². The SMILES string of the molecule is COC1=C(/C=C/C2=[N+](CCCCOS(=O)[O-])c3ccc4cc(S(=O)(=O)[O-])cc(OCC(=O)[O-])c4c3C2(C)C)CCC/C1=C\C=C1\N(CCCCS(=O)(=O)[O-])c2ccc3cc(S(=O)(=O)[O-])cc(OCC(=O)[O-])c3c2C1(C)C.[Na+].[Na+].[Na+].[Na+].[Na+]. The van der Waals surface area contributed by atoms with E-state index >= 15 is 0 Å². The van der Waals surface area contributed by atoms with Gasteiger partial charge in [-0.2, -0.15) is 4.58 Å². The molecule has 0 N–H and O–H groups in total. The molecule has 0 amide bonds. The summed E-state index contributed by atoms with van der Waals surface area (Å²) in [4.78, 5) is 23.8. The molecule has 2 aliphatic heterocycles. The quantitative estimate of drug-likeness (QED) is 0.0219. The molecule has 4 aromatic carbocycles. The van der Waals surface area contributed by atoms with E-state index in [0.717, 1.165) is 29.0 Å². The predicted octanol–water partition coefficient (Wildman–Crippen LogP) is -11.4. The first-order valence-electron chi connectivity index (χ1n) is 23.8. The number of carbonyl (C=O) groups excluding carboxylic acids is 2. The standard InChI is InChI=1S/C51H58N2O19S4.5Na/c1-50(2)41(52(21-6-8-23-72-73(58)59)37-17-13-33-25-35(75(63,64)65)27-39(45(33)47(37)50)70-29-43(54)55)19-15-31-11-10-12-32(49(31)69-5)16-20-42-51(3,4)48-38(53(42)22-7-9-24-74(60,61)62)18-14-34-26-36(76(66,67)68)28-40(46(34)48)71-30-44(56)57;;;;;/h13-20,25-28H,6-12,21-24,29-30H2,1-5H3,(H5-,54,55,56,57,58,59,60,61,62,63,64,65,66,67,68);;;;;/q;5*+1/p-5. The Labute approximate surface area is 584 Å². The molecule has 0 aromatic heterocycles. The summed E-state index contributed by atoms with van der Waals surface area (Å²) in [6.45, 7) is 6.17. The number of carbonyl (C=O) groups is 2. The summed E-state index contributed by atoms with van der Waals surface area (Å²) in [5.74, 6) is -3.59. The number of carboxylic acid groups (broad SMARTS) is 2. The number of hydrogen-bond acceptors (Lipinski definition) is 20. The largest absolute Gasteiger partial charge is 1.00 e. The van der Waals surface area contributed by atoms with E-state index in [9.17, 15) is 67.5 Å². The summed E-state index contributed by atoms with van der Waals surface area (Å²) >= 11 is -2.72. The molecule has 3 aliphatic rings. The van der Waals surface area contributed by atoms with Crippen LogP contribution in [0, 0.1) is 0 Å². The van der Waals surface area contributed by atoms with Gasteiger partial charge in [0.05, 0.1) is 67.9 Å². The fourth-order valence-corrected chi connectivity index (χ4v) is 12.3. The number of nitrogens with zero attached hydrogens (tertiary/aromatic N) is 2. The topological polar surface area (TPSA) is 335 Å². The van der Waals surface area contributed by atoms with E-state index in [1.807, 2.05) is 61.5 Å². The molecule has 0 fully saturated rings. The number of rotatable bonds is 23. The summed E-state index contributed by atoms with van der Waals surface area (Å²) in [6.07, 6.45) is 10.5. The van der Waals surface area contributed by atoms with E-state index in [4.69, 9.17) is 18.4 Å². The van der Waals surface area contributed by atoms with Crippen LogP contribution in [0.25, 0.3) is 21.5 Å². The number of fused-ring (bicyclic) bond motifs is 6. The fraction of sp³-hybridized carbons (Fsp3) is 0.392. The monoisotopic (exact) mass is 1240 g/mol. The summed E-state index contributed by atoms with van der Waals surface area (Å²) in [5, 5.41) is 24.4. The Morgan fingerprint density at radius 2 is 1.27 bits per heavy atom. The zero-order chi connectivity index (χ0) is 55.7. The zero-order valence-electron chi connectivity index (χ0n) is 46.9. The molecule has 7 rings (SSSR count). The van der Waals surface area contributed by atoms with Crippen molar-refractivity contribution in [3.8, 4) is 11.5 Å².